The molecule has 3 aromatic rings. The van der Waals surface area contributed by atoms with Crippen molar-refractivity contribution >= 4 is 5.91 Å². The number of H-pyrrole nitrogens is 1. The number of nitrogens with zero attached hydrogens (tertiary/aromatic N) is 2. The summed E-state index contributed by atoms with van der Waals surface area (Å²) >= 11 is 0. The number of benzene rings is 2. The van der Waals surface area contributed by atoms with Gasteiger partial charge in [-0.3, -0.25) is 9.89 Å². The van der Waals surface area contributed by atoms with E-state index in [1.165, 1.54) is 0 Å². The molecular weight excluding hydrogens is 382 g/mol. The van der Waals surface area contributed by atoms with Crippen LogP contribution in [0.2, 0.25) is 0 Å². The van der Waals surface area contributed by atoms with E-state index >= 15 is 0 Å². The molecule has 1 aliphatic rings. The van der Waals surface area contributed by atoms with Crippen LogP contribution < -0.4 is 4.74 Å². The number of rotatable bonds is 7. The first kappa shape index (κ1) is 20.0. The molecule has 0 fully saturated rings. The van der Waals surface area contributed by atoms with Gasteiger partial charge in [-0.25, -0.2) is 0 Å². The van der Waals surface area contributed by atoms with Gasteiger partial charge in [-0.1, -0.05) is 23.8 Å². The van der Waals surface area contributed by atoms with Crippen LogP contribution >= 0.6 is 0 Å². The number of nitrogens with one attached hydrogen (secondary N) is 1. The molecule has 1 aromatic heterocycles. The first-order valence-corrected chi connectivity index (χ1v) is 9.96. The number of aromatic hydroxyl groups is 1. The molecule has 0 saturated heterocycles. The Morgan fingerprint density at radius 1 is 1.23 bits per heavy atom. The number of aromatic amines is 1. The fraction of sp³-hybridized carbons (Fsp3) is 0.304. The van der Waals surface area contributed by atoms with Gasteiger partial charge in [0, 0.05) is 24.8 Å². The van der Waals surface area contributed by atoms with Gasteiger partial charge < -0.3 is 19.5 Å². The number of carbonyl (C=O) groups is 1. The van der Waals surface area contributed by atoms with Crippen molar-refractivity contribution in [3.63, 3.8) is 0 Å². The quantitative estimate of drug-likeness (QED) is 0.624. The number of aromatic nitrogens is 2. The molecule has 7 nitrogen and oxygen atoms in total. The Morgan fingerprint density at radius 2 is 2.07 bits per heavy atom. The zero-order chi connectivity index (χ0) is 21.3. The average Bonchev–Trinajstić information content (AvgIpc) is 3.28. The molecule has 30 heavy (non-hydrogen) atoms. The molecule has 1 aliphatic heterocycles. The summed E-state index contributed by atoms with van der Waals surface area (Å²) in [5, 5.41) is 17.8. The molecule has 2 N–H and O–H groups in total. The first-order valence-electron chi connectivity index (χ1n) is 9.96. The second-order valence-corrected chi connectivity index (χ2v) is 7.28. The molecule has 0 bridgehead atoms. The summed E-state index contributed by atoms with van der Waals surface area (Å²) in [5.41, 5.74) is 4.28. The van der Waals surface area contributed by atoms with Crippen LogP contribution in [0.25, 0.3) is 11.3 Å². The molecule has 2 heterocycles. The second-order valence-electron chi connectivity index (χ2n) is 7.28. The summed E-state index contributed by atoms with van der Waals surface area (Å²) in [4.78, 5) is 15.0. The van der Waals surface area contributed by atoms with Gasteiger partial charge in [0.2, 0.25) is 0 Å². The lowest BCUT2D eigenvalue weighted by Gasteiger charge is -2.26. The minimum Gasteiger partial charge on any atom is -0.507 e. The van der Waals surface area contributed by atoms with Gasteiger partial charge in [0.05, 0.1) is 19.3 Å². The van der Waals surface area contributed by atoms with Crippen molar-refractivity contribution in [2.45, 2.75) is 19.9 Å². The van der Waals surface area contributed by atoms with Gasteiger partial charge in [-0.05, 0) is 43.7 Å². The number of aryl methyl sites for hydroxylation is 1. The number of phenolic OH excluding ortho intramolecular Hbond substituents is 1. The molecule has 1 amide bonds. The third-order valence-electron chi connectivity index (χ3n) is 5.29. The number of fused-ring (bicyclic) bond motifs is 1. The smallest absolute Gasteiger partial charge is 0.273 e. The number of amides is 1. The zero-order valence-electron chi connectivity index (χ0n) is 17.3. The van der Waals surface area contributed by atoms with Crippen molar-refractivity contribution in [2.75, 3.05) is 26.9 Å². The normalized spacial score (nSPS) is 15.5. The fourth-order valence-electron chi connectivity index (χ4n) is 3.95. The van der Waals surface area contributed by atoms with Gasteiger partial charge in [-0.15, -0.1) is 0 Å². The Hall–Kier alpha value is -3.32. The highest BCUT2D eigenvalue weighted by Crippen LogP contribution is 2.44. The van der Waals surface area contributed by atoms with E-state index in [9.17, 15) is 9.90 Å². The zero-order valence-corrected chi connectivity index (χ0v) is 17.3. The Labute approximate surface area is 175 Å². The molecule has 4 rings (SSSR count). The molecule has 2 aromatic carbocycles. The van der Waals surface area contributed by atoms with E-state index < -0.39 is 0 Å². The lowest BCUT2D eigenvalue weighted by atomic mass is 9.95. The van der Waals surface area contributed by atoms with Crippen molar-refractivity contribution in [1.29, 1.82) is 0 Å². The first-order chi connectivity index (χ1) is 14.5. The standard InChI is InChI=1S/C23H25N3O4/c1-4-30-16-7-5-6-15(13-16)22-19-20(17-12-14(2)8-9-18(17)27)24-25-21(19)23(28)26(22)10-11-29-3/h5-9,12-13,22,27H,4,10-11H2,1-3H3,(H,24,25). The number of ether oxygens (including phenoxy) is 2. The van der Waals surface area contributed by atoms with Crippen molar-refractivity contribution in [3.8, 4) is 22.8 Å². The van der Waals surface area contributed by atoms with Crippen LogP contribution in [0.4, 0.5) is 0 Å². The van der Waals surface area contributed by atoms with Crippen molar-refractivity contribution in [2.24, 2.45) is 0 Å². The van der Waals surface area contributed by atoms with E-state index in [4.69, 9.17) is 9.47 Å². The summed E-state index contributed by atoms with van der Waals surface area (Å²) in [6.07, 6.45) is 0. The van der Waals surface area contributed by atoms with Crippen LogP contribution in [-0.4, -0.2) is 53.0 Å². The van der Waals surface area contributed by atoms with Gasteiger partial charge in [0.1, 0.15) is 22.9 Å². The molecular formula is C23H25N3O4. The summed E-state index contributed by atoms with van der Waals surface area (Å²) in [7, 11) is 1.61. The number of hydrogen-bond donors (Lipinski definition) is 2. The topological polar surface area (TPSA) is 87.7 Å². The van der Waals surface area contributed by atoms with E-state index in [2.05, 4.69) is 10.2 Å². The predicted molar refractivity (Wildman–Crippen MR) is 113 cm³/mol. The van der Waals surface area contributed by atoms with E-state index in [0.29, 0.717) is 36.7 Å². The Balaban J connectivity index is 1.88. The molecule has 7 heteroatoms. The highest BCUT2D eigenvalue weighted by Gasteiger charge is 2.42. The summed E-state index contributed by atoms with van der Waals surface area (Å²) < 4.78 is 10.9. The Morgan fingerprint density at radius 3 is 2.83 bits per heavy atom. The van der Waals surface area contributed by atoms with E-state index in [1.807, 2.05) is 50.2 Å². The van der Waals surface area contributed by atoms with E-state index in [-0.39, 0.29) is 17.7 Å². The fourth-order valence-corrected chi connectivity index (χ4v) is 3.95. The molecule has 0 spiro atoms. The third-order valence-corrected chi connectivity index (χ3v) is 5.29. The van der Waals surface area contributed by atoms with Crippen molar-refractivity contribution < 1.29 is 19.4 Å². The largest absolute Gasteiger partial charge is 0.507 e. The number of phenols is 1. The lowest BCUT2D eigenvalue weighted by Crippen LogP contribution is -2.32. The van der Waals surface area contributed by atoms with Gasteiger partial charge in [0.25, 0.3) is 5.91 Å². The molecule has 1 atom stereocenters. The van der Waals surface area contributed by atoms with Crippen LogP contribution in [0.1, 0.15) is 40.1 Å². The minimum atomic E-state index is -0.364. The lowest BCUT2D eigenvalue weighted by molar-refractivity contribution is 0.0677. The summed E-state index contributed by atoms with van der Waals surface area (Å²) in [6.45, 7) is 5.29. The van der Waals surface area contributed by atoms with Crippen LogP contribution in [0, 0.1) is 6.92 Å². The van der Waals surface area contributed by atoms with Crippen LogP contribution in [0.15, 0.2) is 42.5 Å². The van der Waals surface area contributed by atoms with E-state index in [1.54, 1.807) is 18.1 Å². The minimum absolute atomic E-state index is 0.125. The van der Waals surface area contributed by atoms with Crippen molar-refractivity contribution in [1.82, 2.24) is 15.1 Å². The molecule has 0 aliphatic carbocycles. The van der Waals surface area contributed by atoms with E-state index in [0.717, 1.165) is 22.4 Å². The summed E-state index contributed by atoms with van der Waals surface area (Å²) in [5.74, 6) is 0.727. The molecule has 0 radical (unpaired) electrons. The van der Waals surface area contributed by atoms with Gasteiger partial charge in [-0.2, -0.15) is 5.10 Å². The highest BCUT2D eigenvalue weighted by atomic mass is 16.5. The highest BCUT2D eigenvalue weighted by molar-refractivity contribution is 6.00. The monoisotopic (exact) mass is 407 g/mol. The molecule has 0 saturated carbocycles. The molecule has 1 unspecified atom stereocenters. The SMILES string of the molecule is CCOc1cccc(C2c3c(-c4cc(C)ccc4O)n[nH]c3C(=O)N2CCOC)c1. The average molecular weight is 407 g/mol. The number of methoxy groups -OCH3 is 1. The van der Waals surface area contributed by atoms with Crippen LogP contribution in [-0.2, 0) is 4.74 Å². The molecule has 156 valence electrons. The maximum atomic E-state index is 13.2. The van der Waals surface area contributed by atoms with Crippen LogP contribution in [0.5, 0.6) is 11.5 Å². The van der Waals surface area contributed by atoms with Gasteiger partial charge in [0.15, 0.2) is 0 Å². The maximum absolute atomic E-state index is 13.2. The second kappa shape index (κ2) is 8.20. The predicted octanol–water partition coefficient (Wildman–Crippen LogP) is 3.68. The third kappa shape index (κ3) is 3.41. The van der Waals surface area contributed by atoms with Gasteiger partial charge >= 0.3 is 0 Å². The number of hydrogen-bond acceptors (Lipinski definition) is 5. The number of carbonyl (C=O) groups excluding carboxylic acids is 1. The summed E-state index contributed by atoms with van der Waals surface area (Å²) in [6, 6.07) is 12.7. The maximum Gasteiger partial charge on any atom is 0.273 e. The Bertz CT molecular complexity index is 1080. The van der Waals surface area contributed by atoms with Crippen LogP contribution in [0.3, 0.4) is 0 Å². The van der Waals surface area contributed by atoms with Crippen molar-refractivity contribution in [3.05, 3.63) is 64.8 Å². The Kier molecular flexibility index (Phi) is 5.46.